The van der Waals surface area contributed by atoms with E-state index in [0.29, 0.717) is 42.1 Å². The Morgan fingerprint density at radius 1 is 1.43 bits per heavy atom. The highest BCUT2D eigenvalue weighted by Gasteiger charge is 2.47. The van der Waals surface area contributed by atoms with E-state index in [1.807, 2.05) is 6.07 Å². The normalized spacial score (nSPS) is 21.1. The van der Waals surface area contributed by atoms with Gasteiger partial charge in [-0.2, -0.15) is 14.0 Å². The fraction of sp³-hybridized carbons (Fsp3) is 0.577. The number of likely N-dealkylation sites (tertiary alicyclic amines) is 1. The number of aromatic nitrogens is 1. The summed E-state index contributed by atoms with van der Waals surface area (Å²) < 4.78 is 30.5. The van der Waals surface area contributed by atoms with E-state index in [0.717, 1.165) is 24.3 Å². The van der Waals surface area contributed by atoms with Crippen molar-refractivity contribution >= 4 is 17.3 Å². The van der Waals surface area contributed by atoms with Crippen molar-refractivity contribution in [3.63, 3.8) is 0 Å². The number of hydrogen-bond donors (Lipinski definition) is 1. The van der Waals surface area contributed by atoms with E-state index in [9.17, 15) is 23.9 Å². The summed E-state index contributed by atoms with van der Waals surface area (Å²) >= 11 is 1.34. The van der Waals surface area contributed by atoms with Crippen LogP contribution in [0, 0.1) is 28.1 Å². The molecular formula is C26H33F2N3O3S. The monoisotopic (exact) mass is 505 g/mol. The predicted molar refractivity (Wildman–Crippen MR) is 131 cm³/mol. The zero-order valence-corrected chi connectivity index (χ0v) is 21.5. The number of thiazole rings is 1. The maximum absolute atomic E-state index is 12.9. The molecule has 2 aromatic rings. The van der Waals surface area contributed by atoms with Crippen molar-refractivity contribution in [1.29, 1.82) is 5.26 Å². The second-order valence-electron chi connectivity index (χ2n) is 10.5. The molecular weight excluding hydrogens is 472 g/mol. The lowest BCUT2D eigenvalue weighted by atomic mass is 9.65. The van der Waals surface area contributed by atoms with Crippen LogP contribution in [0.25, 0.3) is 10.6 Å². The van der Waals surface area contributed by atoms with Crippen molar-refractivity contribution in [2.45, 2.75) is 66.5 Å². The third-order valence-electron chi connectivity index (χ3n) is 6.82. The molecule has 1 aliphatic heterocycles. The number of hydrogen-bond acceptors (Lipinski definition) is 6. The van der Waals surface area contributed by atoms with Gasteiger partial charge in [-0.05, 0) is 42.4 Å². The molecule has 0 radical (unpaired) electrons. The number of aliphatic carboxylic acids is 1. The molecule has 190 valence electrons. The Morgan fingerprint density at radius 2 is 2.17 bits per heavy atom. The first-order valence-electron chi connectivity index (χ1n) is 11.9. The van der Waals surface area contributed by atoms with E-state index < -0.39 is 18.0 Å². The van der Waals surface area contributed by atoms with E-state index in [2.05, 4.69) is 42.3 Å². The van der Waals surface area contributed by atoms with E-state index in [1.54, 1.807) is 6.20 Å². The number of carbonyl (C=O) groups is 1. The number of benzene rings is 1. The third kappa shape index (κ3) is 6.56. The zero-order valence-electron chi connectivity index (χ0n) is 20.7. The van der Waals surface area contributed by atoms with Crippen LogP contribution in [-0.2, 0) is 11.3 Å². The minimum Gasteiger partial charge on any atom is -0.481 e. The van der Waals surface area contributed by atoms with Crippen LogP contribution in [0.3, 0.4) is 0 Å². The minimum absolute atomic E-state index is 0.0323. The summed E-state index contributed by atoms with van der Waals surface area (Å²) in [5, 5.41) is 20.0. The van der Waals surface area contributed by atoms with Gasteiger partial charge in [0.15, 0.2) is 0 Å². The Labute approximate surface area is 209 Å². The highest BCUT2D eigenvalue weighted by atomic mass is 32.1. The molecule has 6 nitrogen and oxygen atoms in total. The summed E-state index contributed by atoms with van der Waals surface area (Å²) in [6.07, 6.45) is 4.80. The van der Waals surface area contributed by atoms with Crippen LogP contribution in [0.2, 0.25) is 0 Å². The van der Waals surface area contributed by atoms with Crippen LogP contribution in [0.1, 0.15) is 63.8 Å². The smallest absolute Gasteiger partial charge is 0.387 e. The number of nitriles is 1. The predicted octanol–water partition coefficient (Wildman–Crippen LogP) is 6.41. The first-order valence-corrected chi connectivity index (χ1v) is 12.7. The van der Waals surface area contributed by atoms with E-state index in [4.69, 9.17) is 0 Å². The van der Waals surface area contributed by atoms with Gasteiger partial charge in [0, 0.05) is 30.7 Å². The molecule has 0 aliphatic carbocycles. The number of halogens is 2. The quantitative estimate of drug-likeness (QED) is 0.424. The lowest BCUT2D eigenvalue weighted by molar-refractivity contribution is -0.157. The molecule has 1 fully saturated rings. The SMILES string of the molecule is CCCC[C@@]1(C(=O)O)C[C@@H](C(C)(C)C)CN(Cc2cnc(-c3cc(C#N)ccc3OC(F)F)s2)C1. The average molecular weight is 506 g/mol. The molecule has 0 bridgehead atoms. The number of ether oxygens (including phenoxy) is 1. The first kappa shape index (κ1) is 27.0. The third-order valence-corrected chi connectivity index (χ3v) is 7.83. The van der Waals surface area contributed by atoms with Gasteiger partial charge in [-0.1, -0.05) is 40.5 Å². The van der Waals surface area contributed by atoms with Crippen LogP contribution >= 0.6 is 11.3 Å². The van der Waals surface area contributed by atoms with Gasteiger partial charge in [0.1, 0.15) is 10.8 Å². The van der Waals surface area contributed by atoms with Crippen molar-refractivity contribution in [3.8, 4) is 22.4 Å². The second-order valence-corrected chi connectivity index (χ2v) is 11.6. The molecule has 2 heterocycles. The maximum Gasteiger partial charge on any atom is 0.387 e. The topological polar surface area (TPSA) is 86.5 Å². The van der Waals surface area contributed by atoms with Crippen LogP contribution < -0.4 is 4.74 Å². The highest BCUT2D eigenvalue weighted by molar-refractivity contribution is 7.15. The van der Waals surface area contributed by atoms with Gasteiger partial charge in [-0.15, -0.1) is 11.3 Å². The molecule has 1 N–H and O–H groups in total. The number of alkyl halides is 2. The molecule has 1 aliphatic rings. The highest BCUT2D eigenvalue weighted by Crippen LogP contribution is 2.45. The number of rotatable bonds is 9. The average Bonchev–Trinajstić information content (AvgIpc) is 3.25. The lowest BCUT2D eigenvalue weighted by Gasteiger charge is -2.48. The lowest BCUT2D eigenvalue weighted by Crippen LogP contribution is -2.53. The molecule has 1 aromatic heterocycles. The van der Waals surface area contributed by atoms with Gasteiger partial charge >= 0.3 is 12.6 Å². The zero-order chi connectivity index (χ0) is 25.8. The summed E-state index contributed by atoms with van der Waals surface area (Å²) in [5.41, 5.74) is -0.165. The molecule has 9 heteroatoms. The largest absolute Gasteiger partial charge is 0.481 e. The minimum atomic E-state index is -2.99. The number of carboxylic acid groups (broad SMARTS) is 1. The summed E-state index contributed by atoms with van der Waals surface area (Å²) in [7, 11) is 0. The van der Waals surface area contributed by atoms with E-state index >= 15 is 0 Å². The molecule has 0 spiro atoms. The summed E-state index contributed by atoms with van der Waals surface area (Å²) in [6.45, 7) is 7.32. The van der Waals surface area contributed by atoms with Crippen LogP contribution in [0.15, 0.2) is 24.4 Å². The van der Waals surface area contributed by atoms with Gasteiger partial charge in [0.2, 0.25) is 0 Å². The van der Waals surface area contributed by atoms with Crippen molar-refractivity contribution in [2.75, 3.05) is 13.1 Å². The fourth-order valence-electron chi connectivity index (χ4n) is 4.75. The number of nitrogens with zero attached hydrogens (tertiary/aromatic N) is 3. The number of piperidine rings is 1. The molecule has 0 unspecified atom stereocenters. The molecule has 3 rings (SSSR count). The summed E-state index contributed by atoms with van der Waals surface area (Å²) in [5.74, 6) is -0.554. The van der Waals surface area contributed by atoms with Crippen LogP contribution in [0.4, 0.5) is 8.78 Å². The Bertz CT molecular complexity index is 1080. The molecule has 1 aromatic carbocycles. The first-order chi connectivity index (χ1) is 16.5. The van der Waals surface area contributed by atoms with Gasteiger partial charge < -0.3 is 9.84 Å². The number of unbranched alkanes of at least 4 members (excludes halogenated alkanes) is 1. The molecule has 1 saturated heterocycles. The van der Waals surface area contributed by atoms with Crippen molar-refractivity contribution in [2.24, 2.45) is 16.7 Å². The van der Waals surface area contributed by atoms with E-state index in [-0.39, 0.29) is 17.1 Å². The van der Waals surface area contributed by atoms with Crippen LogP contribution in [-0.4, -0.2) is 40.7 Å². The summed E-state index contributed by atoms with van der Waals surface area (Å²) in [6, 6.07) is 6.30. The van der Waals surface area contributed by atoms with Crippen molar-refractivity contribution in [1.82, 2.24) is 9.88 Å². The van der Waals surface area contributed by atoms with Gasteiger partial charge in [0.25, 0.3) is 0 Å². The van der Waals surface area contributed by atoms with E-state index in [1.165, 1.54) is 29.5 Å². The Morgan fingerprint density at radius 3 is 2.77 bits per heavy atom. The molecule has 0 amide bonds. The second kappa shape index (κ2) is 11.0. The van der Waals surface area contributed by atoms with Crippen molar-refractivity contribution in [3.05, 3.63) is 34.8 Å². The molecule has 35 heavy (non-hydrogen) atoms. The fourth-order valence-corrected chi connectivity index (χ4v) is 5.73. The molecule has 0 saturated carbocycles. The Kier molecular flexibility index (Phi) is 8.50. The standard InChI is InChI=1S/C26H33F2N3O3S/c1-5-6-9-26(23(32)33)11-18(25(2,3)4)14-31(16-26)15-19-13-30-22(35-19)20-10-17(12-29)7-8-21(20)34-24(27)28/h7-8,10,13,18,24H,5-6,9,11,14-16H2,1-4H3,(H,32,33)/t18-,26-/m1/s1. The number of carboxylic acids is 1. The van der Waals surface area contributed by atoms with Crippen molar-refractivity contribution < 1.29 is 23.4 Å². The van der Waals surface area contributed by atoms with Gasteiger partial charge in [-0.3, -0.25) is 9.69 Å². The molecule has 2 atom stereocenters. The Balaban J connectivity index is 1.89. The van der Waals surface area contributed by atoms with Gasteiger partial charge in [-0.25, -0.2) is 4.98 Å². The Hall–Kier alpha value is -2.57. The maximum atomic E-state index is 12.9. The van der Waals surface area contributed by atoms with Crippen LogP contribution in [0.5, 0.6) is 5.75 Å². The van der Waals surface area contributed by atoms with Gasteiger partial charge in [0.05, 0.1) is 22.6 Å². The summed E-state index contributed by atoms with van der Waals surface area (Å²) in [4.78, 5) is 20.0.